The van der Waals surface area contributed by atoms with Gasteiger partial charge in [-0.3, -0.25) is 14.3 Å². The molecule has 0 spiro atoms. The molecule has 5 heteroatoms. The lowest BCUT2D eigenvalue weighted by Gasteiger charge is -2.31. The molecule has 1 atom stereocenters. The number of hydrogen-bond acceptors (Lipinski definition) is 3. The Hall–Kier alpha value is -1.65. The Morgan fingerprint density at radius 2 is 2.21 bits per heavy atom. The summed E-state index contributed by atoms with van der Waals surface area (Å²) in [7, 11) is 1.79. The maximum absolute atomic E-state index is 12.5. The molecule has 2 heterocycles. The summed E-state index contributed by atoms with van der Waals surface area (Å²) >= 11 is 0. The summed E-state index contributed by atoms with van der Waals surface area (Å²) in [5.74, 6) is 0.267. The molecule has 0 radical (unpaired) electrons. The summed E-state index contributed by atoms with van der Waals surface area (Å²) in [6.07, 6.45) is 2.09. The maximum Gasteiger partial charge on any atom is 0.272 e. The van der Waals surface area contributed by atoms with E-state index in [1.54, 1.807) is 16.6 Å². The molecule has 1 aliphatic rings. The zero-order chi connectivity index (χ0) is 14.0. The van der Waals surface area contributed by atoms with E-state index in [1.165, 1.54) is 0 Å². The van der Waals surface area contributed by atoms with Crippen molar-refractivity contribution in [1.82, 2.24) is 14.7 Å². The SMILES string of the molecule is CCc1cc(C(=O)N2CCC(=O)C(CC)C2)n(C)n1. The van der Waals surface area contributed by atoms with Crippen molar-refractivity contribution in [3.8, 4) is 0 Å². The van der Waals surface area contributed by atoms with Crippen LogP contribution in [0.3, 0.4) is 0 Å². The van der Waals surface area contributed by atoms with Crippen molar-refractivity contribution in [2.75, 3.05) is 13.1 Å². The molecule has 5 nitrogen and oxygen atoms in total. The minimum atomic E-state index is -0.0133. The first-order chi connectivity index (χ1) is 9.06. The predicted molar refractivity (Wildman–Crippen MR) is 71.9 cm³/mol. The van der Waals surface area contributed by atoms with Gasteiger partial charge in [-0.2, -0.15) is 5.10 Å². The van der Waals surface area contributed by atoms with Gasteiger partial charge < -0.3 is 4.90 Å². The van der Waals surface area contributed by atoms with Gasteiger partial charge in [-0.1, -0.05) is 13.8 Å². The number of piperidine rings is 1. The molecule has 1 saturated heterocycles. The van der Waals surface area contributed by atoms with Crippen molar-refractivity contribution >= 4 is 11.7 Å². The molecule has 1 aliphatic heterocycles. The Balaban J connectivity index is 2.15. The summed E-state index contributed by atoms with van der Waals surface area (Å²) in [4.78, 5) is 25.9. The molecule has 1 aromatic rings. The molecule has 0 N–H and O–H groups in total. The van der Waals surface area contributed by atoms with E-state index in [4.69, 9.17) is 0 Å². The molecule has 0 aliphatic carbocycles. The second-order valence-corrected chi connectivity index (χ2v) is 5.07. The van der Waals surface area contributed by atoms with Crippen molar-refractivity contribution < 1.29 is 9.59 Å². The van der Waals surface area contributed by atoms with Crippen molar-refractivity contribution in [1.29, 1.82) is 0 Å². The summed E-state index contributed by atoms with van der Waals surface area (Å²) in [5.41, 5.74) is 1.53. The largest absolute Gasteiger partial charge is 0.336 e. The molecule has 1 fully saturated rings. The van der Waals surface area contributed by atoms with Gasteiger partial charge in [0.1, 0.15) is 11.5 Å². The summed E-state index contributed by atoms with van der Waals surface area (Å²) in [5, 5.41) is 4.30. The molecule has 1 unspecified atom stereocenters. The van der Waals surface area contributed by atoms with Crippen molar-refractivity contribution in [2.24, 2.45) is 13.0 Å². The van der Waals surface area contributed by atoms with E-state index >= 15 is 0 Å². The number of hydrogen-bond donors (Lipinski definition) is 0. The van der Waals surface area contributed by atoms with E-state index in [9.17, 15) is 9.59 Å². The van der Waals surface area contributed by atoms with E-state index in [2.05, 4.69) is 5.10 Å². The van der Waals surface area contributed by atoms with Crippen molar-refractivity contribution in [3.05, 3.63) is 17.5 Å². The Morgan fingerprint density at radius 1 is 1.47 bits per heavy atom. The van der Waals surface area contributed by atoms with E-state index < -0.39 is 0 Å². The second kappa shape index (κ2) is 5.55. The van der Waals surface area contributed by atoms with E-state index in [1.807, 2.05) is 19.9 Å². The number of amides is 1. The fraction of sp³-hybridized carbons (Fsp3) is 0.643. The number of carbonyl (C=O) groups is 2. The van der Waals surface area contributed by atoms with Crippen LogP contribution in [0, 0.1) is 5.92 Å². The summed E-state index contributed by atoms with van der Waals surface area (Å²) in [6.45, 7) is 5.08. The Morgan fingerprint density at radius 3 is 2.79 bits per heavy atom. The van der Waals surface area contributed by atoms with Crippen LogP contribution in [0.5, 0.6) is 0 Å². The fourth-order valence-electron chi connectivity index (χ4n) is 2.51. The van der Waals surface area contributed by atoms with Crippen LogP contribution in [0.1, 0.15) is 42.9 Å². The zero-order valence-electron chi connectivity index (χ0n) is 11.8. The van der Waals surface area contributed by atoms with Crippen LogP contribution >= 0.6 is 0 Å². The van der Waals surface area contributed by atoms with Crippen LogP contribution in [0.15, 0.2) is 6.07 Å². The number of likely N-dealkylation sites (tertiary alicyclic amines) is 1. The van der Waals surface area contributed by atoms with Crippen LogP contribution in [0.25, 0.3) is 0 Å². The molecular formula is C14H21N3O2. The van der Waals surface area contributed by atoms with E-state index in [0.29, 0.717) is 25.2 Å². The van der Waals surface area contributed by atoms with E-state index in [-0.39, 0.29) is 17.6 Å². The number of carbonyl (C=O) groups excluding carboxylic acids is 2. The van der Waals surface area contributed by atoms with Crippen LogP contribution in [-0.2, 0) is 18.3 Å². The molecule has 1 aromatic heterocycles. The number of rotatable bonds is 3. The van der Waals surface area contributed by atoms with Crippen LogP contribution in [0.2, 0.25) is 0 Å². The Kier molecular flexibility index (Phi) is 4.02. The molecule has 0 aromatic carbocycles. The number of ketones is 1. The van der Waals surface area contributed by atoms with Gasteiger partial charge in [0.05, 0.1) is 5.69 Å². The minimum absolute atomic E-state index is 0.00317. The lowest BCUT2D eigenvalue weighted by atomic mass is 9.94. The van der Waals surface area contributed by atoms with Crippen LogP contribution < -0.4 is 0 Å². The number of nitrogens with zero attached hydrogens (tertiary/aromatic N) is 3. The smallest absolute Gasteiger partial charge is 0.272 e. The van der Waals surface area contributed by atoms with Crippen LogP contribution in [0.4, 0.5) is 0 Å². The normalized spacial score (nSPS) is 19.8. The first kappa shape index (κ1) is 13.8. The summed E-state index contributed by atoms with van der Waals surface area (Å²) < 4.78 is 1.64. The monoisotopic (exact) mass is 263 g/mol. The highest BCUT2D eigenvalue weighted by molar-refractivity contribution is 5.94. The third kappa shape index (κ3) is 2.69. The average Bonchev–Trinajstić information content (AvgIpc) is 2.80. The quantitative estimate of drug-likeness (QED) is 0.829. The van der Waals surface area contributed by atoms with Gasteiger partial charge in [-0.15, -0.1) is 0 Å². The van der Waals surface area contributed by atoms with Gasteiger partial charge in [-0.25, -0.2) is 0 Å². The molecular weight excluding hydrogens is 242 g/mol. The van der Waals surface area contributed by atoms with E-state index in [0.717, 1.165) is 18.5 Å². The van der Waals surface area contributed by atoms with Crippen molar-refractivity contribution in [2.45, 2.75) is 33.1 Å². The molecule has 0 bridgehead atoms. The second-order valence-electron chi connectivity index (χ2n) is 5.07. The highest BCUT2D eigenvalue weighted by atomic mass is 16.2. The van der Waals surface area contributed by atoms with Crippen molar-refractivity contribution in [3.63, 3.8) is 0 Å². The molecule has 1 amide bonds. The lowest BCUT2D eigenvalue weighted by Crippen LogP contribution is -2.44. The van der Waals surface area contributed by atoms with Gasteiger partial charge in [0.2, 0.25) is 0 Å². The number of aromatic nitrogens is 2. The molecule has 2 rings (SSSR count). The topological polar surface area (TPSA) is 55.2 Å². The molecule has 104 valence electrons. The van der Waals surface area contributed by atoms with Gasteiger partial charge >= 0.3 is 0 Å². The predicted octanol–water partition coefficient (Wildman–Crippen LogP) is 1.42. The molecule has 19 heavy (non-hydrogen) atoms. The zero-order valence-corrected chi connectivity index (χ0v) is 11.8. The Labute approximate surface area is 113 Å². The highest BCUT2D eigenvalue weighted by Gasteiger charge is 2.30. The third-order valence-electron chi connectivity index (χ3n) is 3.82. The minimum Gasteiger partial charge on any atom is -0.336 e. The highest BCUT2D eigenvalue weighted by Crippen LogP contribution is 2.18. The number of aryl methyl sites for hydroxylation is 2. The molecule has 0 saturated carbocycles. The van der Waals surface area contributed by atoms with Gasteiger partial charge in [0.15, 0.2) is 0 Å². The first-order valence-corrected chi connectivity index (χ1v) is 6.91. The standard InChI is InChI=1S/C14H21N3O2/c1-4-10-9-17(7-6-13(10)18)14(19)12-8-11(5-2)15-16(12)3/h8,10H,4-7,9H2,1-3H3. The average molecular weight is 263 g/mol. The fourth-order valence-corrected chi connectivity index (χ4v) is 2.51. The van der Waals surface area contributed by atoms with Crippen LogP contribution in [-0.4, -0.2) is 39.5 Å². The lowest BCUT2D eigenvalue weighted by molar-refractivity contribution is -0.125. The van der Waals surface area contributed by atoms with Gasteiger partial charge in [0, 0.05) is 32.5 Å². The maximum atomic E-state index is 12.5. The van der Waals surface area contributed by atoms with Gasteiger partial charge in [-0.05, 0) is 18.9 Å². The van der Waals surface area contributed by atoms with Gasteiger partial charge in [0.25, 0.3) is 5.91 Å². The summed E-state index contributed by atoms with van der Waals surface area (Å²) in [6, 6.07) is 1.85. The third-order valence-corrected chi connectivity index (χ3v) is 3.82. The first-order valence-electron chi connectivity index (χ1n) is 6.91. The number of Topliss-reactive ketones (excluding diaryl/α,β-unsaturated/α-hetero) is 1. The Bertz CT molecular complexity index is 493.